The van der Waals surface area contributed by atoms with Crippen LogP contribution in [0.5, 0.6) is 0 Å². The van der Waals surface area contributed by atoms with Gasteiger partial charge in [0.05, 0.1) is 11.5 Å². The van der Waals surface area contributed by atoms with Gasteiger partial charge in [-0.05, 0) is 43.9 Å². The molecule has 0 amide bonds. The van der Waals surface area contributed by atoms with Gasteiger partial charge in [0.15, 0.2) is 9.84 Å². The van der Waals surface area contributed by atoms with E-state index in [-0.39, 0.29) is 11.8 Å². The maximum absolute atomic E-state index is 11.4. The molecular weight excluding hydrogens is 246 g/mol. The summed E-state index contributed by atoms with van der Waals surface area (Å²) in [6.45, 7) is 7.09. The van der Waals surface area contributed by atoms with E-state index in [0.29, 0.717) is 5.75 Å². The number of benzene rings is 1. The van der Waals surface area contributed by atoms with Gasteiger partial charge in [-0.15, -0.1) is 0 Å². The van der Waals surface area contributed by atoms with Crippen LogP contribution in [-0.2, 0) is 16.4 Å². The van der Waals surface area contributed by atoms with E-state index in [4.69, 9.17) is 0 Å². The molecule has 1 atom stereocenters. The summed E-state index contributed by atoms with van der Waals surface area (Å²) in [7, 11) is -2.79. The average molecular weight is 267 g/mol. The molecule has 4 heteroatoms. The van der Waals surface area contributed by atoms with Gasteiger partial charge in [0.2, 0.25) is 0 Å². The monoisotopic (exact) mass is 267 g/mol. The third-order valence-electron chi connectivity index (χ3n) is 3.64. The van der Waals surface area contributed by atoms with Crippen molar-refractivity contribution in [2.45, 2.75) is 39.8 Å². The van der Waals surface area contributed by atoms with Crippen LogP contribution in [0.15, 0.2) is 12.1 Å². The van der Waals surface area contributed by atoms with Crippen LogP contribution in [0.3, 0.4) is 0 Å². The molecule has 1 fully saturated rings. The molecule has 1 N–H and O–H groups in total. The predicted molar refractivity (Wildman–Crippen MR) is 74.6 cm³/mol. The van der Waals surface area contributed by atoms with Crippen molar-refractivity contribution >= 4 is 9.84 Å². The molecule has 2 rings (SSSR count). The summed E-state index contributed by atoms with van der Waals surface area (Å²) in [6, 6.07) is 4.47. The van der Waals surface area contributed by atoms with Crippen molar-refractivity contribution in [1.82, 2.24) is 5.32 Å². The molecule has 1 saturated heterocycles. The van der Waals surface area contributed by atoms with Gasteiger partial charge < -0.3 is 5.32 Å². The van der Waals surface area contributed by atoms with E-state index in [1.54, 1.807) is 0 Å². The van der Waals surface area contributed by atoms with Crippen molar-refractivity contribution in [3.63, 3.8) is 0 Å². The molecule has 1 unspecified atom stereocenters. The molecule has 1 aliphatic heterocycles. The van der Waals surface area contributed by atoms with Crippen molar-refractivity contribution in [3.8, 4) is 0 Å². The first kappa shape index (κ1) is 13.6. The SMILES string of the molecule is Cc1cc(C)c(CNC2CCS(=O)(=O)C2)c(C)c1. The van der Waals surface area contributed by atoms with E-state index in [2.05, 4.69) is 38.2 Å². The molecule has 1 aromatic rings. The summed E-state index contributed by atoms with van der Waals surface area (Å²) >= 11 is 0. The zero-order valence-corrected chi connectivity index (χ0v) is 12.1. The van der Waals surface area contributed by atoms with Crippen LogP contribution in [0, 0.1) is 20.8 Å². The lowest BCUT2D eigenvalue weighted by molar-refractivity contribution is 0.552. The maximum atomic E-state index is 11.4. The van der Waals surface area contributed by atoms with Gasteiger partial charge >= 0.3 is 0 Å². The van der Waals surface area contributed by atoms with E-state index >= 15 is 0 Å². The molecule has 0 radical (unpaired) electrons. The Morgan fingerprint density at radius 2 is 1.83 bits per heavy atom. The number of aryl methyl sites for hydroxylation is 3. The van der Waals surface area contributed by atoms with Crippen LogP contribution < -0.4 is 5.32 Å². The standard InChI is InChI=1S/C14H21NO2S/c1-10-6-11(2)14(12(3)7-10)8-15-13-4-5-18(16,17)9-13/h6-7,13,15H,4-5,8-9H2,1-3H3. The fourth-order valence-corrected chi connectivity index (χ4v) is 4.40. The zero-order valence-electron chi connectivity index (χ0n) is 11.3. The largest absolute Gasteiger partial charge is 0.309 e. The van der Waals surface area contributed by atoms with E-state index in [0.717, 1.165) is 13.0 Å². The topological polar surface area (TPSA) is 46.2 Å². The van der Waals surface area contributed by atoms with Crippen LogP contribution in [0.4, 0.5) is 0 Å². The van der Waals surface area contributed by atoms with Crippen LogP contribution in [0.2, 0.25) is 0 Å². The van der Waals surface area contributed by atoms with Gasteiger partial charge in [-0.25, -0.2) is 8.42 Å². The highest BCUT2D eigenvalue weighted by Crippen LogP contribution is 2.18. The second-order valence-corrected chi connectivity index (χ2v) is 7.59. The van der Waals surface area contributed by atoms with Crippen LogP contribution in [-0.4, -0.2) is 26.0 Å². The van der Waals surface area contributed by atoms with Gasteiger partial charge in [0.25, 0.3) is 0 Å². The van der Waals surface area contributed by atoms with Crippen molar-refractivity contribution in [2.75, 3.05) is 11.5 Å². The lowest BCUT2D eigenvalue weighted by Crippen LogP contribution is -2.30. The van der Waals surface area contributed by atoms with Crippen molar-refractivity contribution in [1.29, 1.82) is 0 Å². The minimum Gasteiger partial charge on any atom is -0.309 e. The van der Waals surface area contributed by atoms with Crippen molar-refractivity contribution in [3.05, 3.63) is 34.4 Å². The number of sulfone groups is 1. The molecule has 0 spiro atoms. The van der Waals surface area contributed by atoms with Gasteiger partial charge in [-0.2, -0.15) is 0 Å². The van der Waals surface area contributed by atoms with E-state index < -0.39 is 9.84 Å². The van der Waals surface area contributed by atoms with Crippen LogP contribution in [0.25, 0.3) is 0 Å². The molecule has 1 heterocycles. The zero-order chi connectivity index (χ0) is 13.3. The Hall–Kier alpha value is -0.870. The van der Waals surface area contributed by atoms with Crippen molar-refractivity contribution in [2.24, 2.45) is 0 Å². The summed E-state index contributed by atoms with van der Waals surface area (Å²) in [6.07, 6.45) is 0.742. The first-order valence-electron chi connectivity index (χ1n) is 6.38. The smallest absolute Gasteiger partial charge is 0.151 e. The number of nitrogens with one attached hydrogen (secondary N) is 1. The minimum atomic E-state index is -2.79. The lowest BCUT2D eigenvalue weighted by atomic mass is 9.99. The Kier molecular flexibility index (Phi) is 3.78. The normalized spacial score (nSPS) is 22.3. The molecule has 0 saturated carbocycles. The summed E-state index contributed by atoms with van der Waals surface area (Å²) in [5.41, 5.74) is 5.13. The highest BCUT2D eigenvalue weighted by Gasteiger charge is 2.27. The Morgan fingerprint density at radius 1 is 1.22 bits per heavy atom. The molecule has 3 nitrogen and oxygen atoms in total. The van der Waals surface area contributed by atoms with Crippen LogP contribution >= 0.6 is 0 Å². The Bertz CT molecular complexity index is 526. The molecule has 0 aromatic heterocycles. The molecule has 0 bridgehead atoms. The summed E-state index contributed by atoms with van der Waals surface area (Å²) < 4.78 is 22.8. The van der Waals surface area contributed by atoms with Gasteiger partial charge in [0, 0.05) is 12.6 Å². The number of rotatable bonds is 3. The maximum Gasteiger partial charge on any atom is 0.151 e. The summed E-state index contributed by atoms with van der Waals surface area (Å²) in [4.78, 5) is 0. The van der Waals surface area contributed by atoms with E-state index in [1.165, 1.54) is 22.3 Å². The molecule has 100 valence electrons. The molecular formula is C14H21NO2S. The third kappa shape index (κ3) is 3.12. The van der Waals surface area contributed by atoms with Gasteiger partial charge in [-0.1, -0.05) is 17.7 Å². The number of hydrogen-bond donors (Lipinski definition) is 1. The molecule has 0 aliphatic carbocycles. The van der Waals surface area contributed by atoms with Gasteiger partial charge in [-0.3, -0.25) is 0 Å². The lowest BCUT2D eigenvalue weighted by Gasteiger charge is -2.15. The highest BCUT2D eigenvalue weighted by molar-refractivity contribution is 7.91. The van der Waals surface area contributed by atoms with E-state index in [1.807, 2.05) is 0 Å². The summed E-state index contributed by atoms with van der Waals surface area (Å²) in [5.74, 6) is 0.619. The molecule has 1 aliphatic rings. The second kappa shape index (κ2) is 5.02. The first-order chi connectivity index (χ1) is 8.37. The fraction of sp³-hybridized carbons (Fsp3) is 0.571. The quantitative estimate of drug-likeness (QED) is 0.909. The van der Waals surface area contributed by atoms with E-state index in [9.17, 15) is 8.42 Å². The van der Waals surface area contributed by atoms with Gasteiger partial charge in [0.1, 0.15) is 0 Å². The third-order valence-corrected chi connectivity index (χ3v) is 5.41. The summed E-state index contributed by atoms with van der Waals surface area (Å²) in [5, 5.41) is 3.38. The fourth-order valence-electron chi connectivity index (χ4n) is 2.69. The predicted octanol–water partition coefficient (Wildman–Crippen LogP) is 1.89. The van der Waals surface area contributed by atoms with Crippen molar-refractivity contribution < 1.29 is 8.42 Å². The number of hydrogen-bond acceptors (Lipinski definition) is 3. The first-order valence-corrected chi connectivity index (χ1v) is 8.20. The average Bonchev–Trinajstić information content (AvgIpc) is 2.56. The minimum absolute atomic E-state index is 0.120. The second-order valence-electron chi connectivity index (χ2n) is 5.36. The Labute approximate surface area is 110 Å². The molecule has 1 aromatic carbocycles. The van der Waals surface area contributed by atoms with Crippen LogP contribution in [0.1, 0.15) is 28.7 Å². The molecule has 18 heavy (non-hydrogen) atoms. The highest BCUT2D eigenvalue weighted by atomic mass is 32.2. The Morgan fingerprint density at radius 3 is 2.33 bits per heavy atom. The Balaban J connectivity index is 2.03.